The first-order valence-electron chi connectivity index (χ1n) is 13.0. The average molecular weight is 456 g/mol. The van der Waals surface area contributed by atoms with Crippen LogP contribution in [-0.2, 0) is 21.4 Å². The number of benzene rings is 1. The molecule has 0 amide bonds. The Hall–Kier alpha value is -1.16. The van der Waals surface area contributed by atoms with Crippen LogP contribution in [0.1, 0.15) is 83.6 Å². The number of fused-ring (bicyclic) bond motifs is 4. The van der Waals surface area contributed by atoms with Crippen molar-refractivity contribution in [3.8, 4) is 11.5 Å². The molecule has 0 N–H and O–H groups in total. The molecule has 174 valence electrons. The first kappa shape index (κ1) is 21.4. The fourth-order valence-corrected chi connectivity index (χ4v) is 12.6. The second-order valence-corrected chi connectivity index (χ2v) is 14.2. The summed E-state index contributed by atoms with van der Waals surface area (Å²) >= 11 is 0. The Balaban J connectivity index is 1.30. The van der Waals surface area contributed by atoms with E-state index >= 15 is 0 Å². The number of rotatable bonds is 6. The standard InChI is InChI=1S/C28H39O3S/c1-27(2)20-12-13-28(27,25(29)16-20)26-19-9-10-22(15-19)32(26)17-18-8-11-23(30-3)24(14-18)31-21-6-4-5-7-21/h8,11,14,19-22,26H,4-7,9-10,12-13,15-17H2,1-3H3/q+1/t19-,20-,22+,26+,28+,32?/m0/s1. The van der Waals surface area contributed by atoms with Crippen LogP contribution in [0.5, 0.6) is 11.5 Å². The topological polar surface area (TPSA) is 35.5 Å². The molecule has 3 nitrogen and oxygen atoms in total. The lowest BCUT2D eigenvalue weighted by molar-refractivity contribution is -0.130. The number of ketones is 1. The number of methoxy groups -OCH3 is 1. The zero-order valence-corrected chi connectivity index (χ0v) is 20.8. The van der Waals surface area contributed by atoms with Gasteiger partial charge in [0.15, 0.2) is 11.5 Å². The van der Waals surface area contributed by atoms with Gasteiger partial charge in [0.05, 0.1) is 18.6 Å². The summed E-state index contributed by atoms with van der Waals surface area (Å²) in [5.74, 6) is 4.92. The normalized spacial score (nSPS) is 39.8. The summed E-state index contributed by atoms with van der Waals surface area (Å²) in [5, 5.41) is 1.43. The fraction of sp³-hybridized carbons (Fsp3) is 0.750. The van der Waals surface area contributed by atoms with E-state index in [2.05, 4.69) is 32.0 Å². The van der Waals surface area contributed by atoms with Gasteiger partial charge in [-0.15, -0.1) is 0 Å². The third-order valence-corrected chi connectivity index (χ3v) is 13.6. The van der Waals surface area contributed by atoms with Crippen molar-refractivity contribution in [2.24, 2.45) is 22.7 Å². The first-order chi connectivity index (χ1) is 15.4. The maximum absolute atomic E-state index is 13.5. The highest BCUT2D eigenvalue weighted by atomic mass is 32.2. The molecule has 4 saturated carbocycles. The van der Waals surface area contributed by atoms with Crippen molar-refractivity contribution in [2.45, 2.75) is 100 Å². The smallest absolute Gasteiger partial charge is 0.162 e. The molecule has 0 radical (unpaired) electrons. The summed E-state index contributed by atoms with van der Waals surface area (Å²) < 4.78 is 12.1. The lowest BCUT2D eigenvalue weighted by Crippen LogP contribution is -2.53. The van der Waals surface area contributed by atoms with Gasteiger partial charge in [0.2, 0.25) is 0 Å². The predicted octanol–water partition coefficient (Wildman–Crippen LogP) is 6.08. The number of carbonyl (C=O) groups is 1. The van der Waals surface area contributed by atoms with E-state index in [4.69, 9.17) is 9.47 Å². The van der Waals surface area contributed by atoms with Gasteiger partial charge in [-0.2, -0.15) is 0 Å². The highest BCUT2D eigenvalue weighted by Crippen LogP contribution is 2.70. The second-order valence-electron chi connectivity index (χ2n) is 11.8. The molecule has 1 heterocycles. The van der Waals surface area contributed by atoms with Crippen LogP contribution in [-0.4, -0.2) is 29.5 Å². The molecule has 4 aliphatic carbocycles. The summed E-state index contributed by atoms with van der Waals surface area (Å²) in [4.78, 5) is 13.5. The summed E-state index contributed by atoms with van der Waals surface area (Å²) in [6.07, 6.45) is 12.6. The maximum Gasteiger partial charge on any atom is 0.162 e. The van der Waals surface area contributed by atoms with E-state index in [9.17, 15) is 4.79 Å². The van der Waals surface area contributed by atoms with E-state index in [1.807, 2.05) is 0 Å². The minimum Gasteiger partial charge on any atom is -0.493 e. The Morgan fingerprint density at radius 2 is 1.88 bits per heavy atom. The number of Topliss-reactive ketones (excluding diaryl/α,β-unsaturated/α-hetero) is 1. The van der Waals surface area contributed by atoms with Gasteiger partial charge < -0.3 is 9.47 Å². The third kappa shape index (κ3) is 2.96. The van der Waals surface area contributed by atoms with Gasteiger partial charge in [-0.3, -0.25) is 4.79 Å². The maximum atomic E-state index is 13.5. The molecule has 1 saturated heterocycles. The molecule has 4 heteroatoms. The molecule has 5 aliphatic rings. The lowest BCUT2D eigenvalue weighted by Gasteiger charge is -2.43. The number of ether oxygens (including phenoxy) is 2. The highest BCUT2D eigenvalue weighted by Gasteiger charge is 2.75. The lowest BCUT2D eigenvalue weighted by atomic mass is 9.64. The van der Waals surface area contributed by atoms with E-state index in [0.717, 1.165) is 54.1 Å². The molecule has 0 aromatic heterocycles. The minimum atomic E-state index is -0.0454. The summed E-state index contributed by atoms with van der Waals surface area (Å²) in [5.41, 5.74) is 1.52. The van der Waals surface area contributed by atoms with Crippen molar-refractivity contribution in [2.75, 3.05) is 7.11 Å². The SMILES string of the molecule is COc1ccc(C[S+]2[C@@H]3CC[C@@H](C3)[C@@H]2[C@@]23CC[C@@H](CC2=O)C3(C)C)cc1OC1CCCC1. The summed E-state index contributed by atoms with van der Waals surface area (Å²) in [6, 6.07) is 6.64. The van der Waals surface area contributed by atoms with Crippen molar-refractivity contribution in [1.29, 1.82) is 0 Å². The second kappa shape index (κ2) is 7.68. The van der Waals surface area contributed by atoms with Crippen LogP contribution >= 0.6 is 0 Å². The van der Waals surface area contributed by atoms with Crippen LogP contribution in [0.3, 0.4) is 0 Å². The minimum absolute atomic E-state index is 0.0454. The molecule has 6 rings (SSSR count). The first-order valence-corrected chi connectivity index (χ1v) is 14.5. The Morgan fingerprint density at radius 1 is 1.06 bits per heavy atom. The number of hydrogen-bond acceptors (Lipinski definition) is 3. The van der Waals surface area contributed by atoms with Crippen LogP contribution in [0.4, 0.5) is 0 Å². The quantitative estimate of drug-likeness (QED) is 0.488. The monoisotopic (exact) mass is 455 g/mol. The van der Waals surface area contributed by atoms with Gasteiger partial charge in [-0.05, 0) is 85.7 Å². The Labute approximate surface area is 196 Å². The van der Waals surface area contributed by atoms with Crippen molar-refractivity contribution in [1.82, 2.24) is 0 Å². The van der Waals surface area contributed by atoms with Gasteiger partial charge in [0.1, 0.15) is 22.0 Å². The van der Waals surface area contributed by atoms with E-state index in [1.165, 1.54) is 44.1 Å². The molecular weight excluding hydrogens is 416 g/mol. The predicted molar refractivity (Wildman–Crippen MR) is 130 cm³/mol. The molecule has 4 bridgehead atoms. The molecule has 1 aromatic rings. The van der Waals surface area contributed by atoms with Crippen LogP contribution in [0.2, 0.25) is 0 Å². The third-order valence-electron chi connectivity index (χ3n) is 10.2. The Bertz CT molecular complexity index is 904. The van der Waals surface area contributed by atoms with Crippen LogP contribution in [0.15, 0.2) is 18.2 Å². The van der Waals surface area contributed by atoms with Crippen LogP contribution in [0.25, 0.3) is 0 Å². The summed E-state index contributed by atoms with van der Waals surface area (Å²) in [6.45, 7) is 4.87. The molecule has 1 unspecified atom stereocenters. The van der Waals surface area contributed by atoms with Crippen molar-refractivity contribution in [3.05, 3.63) is 23.8 Å². The van der Waals surface area contributed by atoms with E-state index < -0.39 is 0 Å². The van der Waals surface area contributed by atoms with Crippen LogP contribution in [0, 0.1) is 22.7 Å². The molecule has 1 aliphatic heterocycles. The average Bonchev–Trinajstić information content (AvgIpc) is 3.57. The van der Waals surface area contributed by atoms with Crippen molar-refractivity contribution in [3.63, 3.8) is 0 Å². The van der Waals surface area contributed by atoms with Crippen molar-refractivity contribution >= 4 is 16.7 Å². The zero-order valence-electron chi connectivity index (χ0n) is 20.0. The van der Waals surface area contributed by atoms with Gasteiger partial charge >= 0.3 is 0 Å². The highest BCUT2D eigenvalue weighted by molar-refractivity contribution is 7.97. The molecule has 32 heavy (non-hydrogen) atoms. The van der Waals surface area contributed by atoms with Gasteiger partial charge in [0.25, 0.3) is 0 Å². The Kier molecular flexibility index (Phi) is 5.13. The van der Waals surface area contributed by atoms with Crippen LogP contribution < -0.4 is 9.47 Å². The molecule has 1 aromatic carbocycles. The largest absolute Gasteiger partial charge is 0.493 e. The van der Waals surface area contributed by atoms with Gasteiger partial charge in [0, 0.05) is 24.3 Å². The fourth-order valence-electron chi connectivity index (χ4n) is 8.51. The van der Waals surface area contributed by atoms with E-state index in [-0.39, 0.29) is 21.7 Å². The zero-order chi connectivity index (χ0) is 22.1. The van der Waals surface area contributed by atoms with E-state index in [1.54, 1.807) is 7.11 Å². The summed E-state index contributed by atoms with van der Waals surface area (Å²) in [7, 11) is 2.03. The van der Waals surface area contributed by atoms with Gasteiger partial charge in [-0.1, -0.05) is 19.9 Å². The molecule has 0 spiro atoms. The molecular formula is C28H39O3S+. The molecule has 6 atom stereocenters. The van der Waals surface area contributed by atoms with Gasteiger partial charge in [-0.25, -0.2) is 0 Å². The number of hydrogen-bond donors (Lipinski definition) is 0. The number of carbonyl (C=O) groups excluding carboxylic acids is 1. The van der Waals surface area contributed by atoms with E-state index in [0.29, 0.717) is 23.1 Å². The Morgan fingerprint density at radius 3 is 2.56 bits per heavy atom. The molecule has 5 fully saturated rings. The van der Waals surface area contributed by atoms with Crippen molar-refractivity contribution < 1.29 is 14.3 Å².